The molecule has 4 rings (SSSR count). The topological polar surface area (TPSA) is 66.8 Å². The maximum Gasteiger partial charge on any atom is 0.311 e. The summed E-state index contributed by atoms with van der Waals surface area (Å²) in [7, 11) is 0. The third-order valence-corrected chi connectivity index (χ3v) is 6.68. The van der Waals surface area contributed by atoms with E-state index in [1.807, 2.05) is 0 Å². The van der Waals surface area contributed by atoms with Crippen LogP contribution in [-0.4, -0.2) is 48.2 Å². The molecule has 1 saturated carbocycles. The Morgan fingerprint density at radius 2 is 1.85 bits per heavy atom. The predicted molar refractivity (Wildman–Crippen MR) is 92.1 cm³/mol. The van der Waals surface area contributed by atoms with Gasteiger partial charge < -0.3 is 14.7 Å². The van der Waals surface area contributed by atoms with Crippen molar-refractivity contribution in [2.75, 3.05) is 26.3 Å². The van der Waals surface area contributed by atoms with Crippen LogP contribution < -0.4 is 0 Å². The van der Waals surface area contributed by atoms with Crippen LogP contribution in [0.3, 0.4) is 0 Å². The van der Waals surface area contributed by atoms with Gasteiger partial charge in [-0.2, -0.15) is 0 Å². The molecule has 2 heterocycles. The molecule has 0 bridgehead atoms. The number of fused-ring (bicyclic) bond motifs is 1. The number of aliphatic carboxylic acids is 1. The largest absolute Gasteiger partial charge is 0.481 e. The first-order chi connectivity index (χ1) is 12.5. The molecule has 0 unspecified atom stereocenters. The smallest absolute Gasteiger partial charge is 0.311 e. The molecule has 3 aliphatic rings. The number of amides is 1. The second-order valence-corrected chi connectivity index (χ2v) is 7.96. The number of nitrogens with zero attached hydrogens (tertiary/aromatic N) is 1. The van der Waals surface area contributed by atoms with Gasteiger partial charge in [-0.3, -0.25) is 9.59 Å². The van der Waals surface area contributed by atoms with Crippen molar-refractivity contribution < 1.29 is 23.8 Å². The van der Waals surface area contributed by atoms with E-state index < -0.39 is 16.8 Å². The summed E-state index contributed by atoms with van der Waals surface area (Å²) in [6.07, 6.45) is 3.81. The standard InChI is InChI=1S/C20H24FNO4/c21-16-5-3-14(4-6-16)19(7-1-2-8-19)17(23)22-11-15-12-26-10-9-20(15,13-22)18(24)25/h3-6,15H,1-2,7-13H2,(H,24,25)/t15-,20+/m0/s1. The van der Waals surface area contributed by atoms with Gasteiger partial charge in [-0.25, -0.2) is 4.39 Å². The normalized spacial score (nSPS) is 30.2. The van der Waals surface area contributed by atoms with E-state index >= 15 is 0 Å². The first-order valence-corrected chi connectivity index (χ1v) is 9.35. The molecule has 1 aromatic carbocycles. The van der Waals surface area contributed by atoms with Crippen LogP contribution in [-0.2, 0) is 19.7 Å². The van der Waals surface area contributed by atoms with Crippen molar-refractivity contribution in [1.29, 1.82) is 0 Å². The minimum atomic E-state index is -0.892. The van der Waals surface area contributed by atoms with E-state index in [2.05, 4.69) is 0 Å². The molecule has 0 radical (unpaired) electrons. The predicted octanol–water partition coefficient (Wildman–Crippen LogP) is 2.59. The summed E-state index contributed by atoms with van der Waals surface area (Å²) in [5.74, 6) is -1.31. The van der Waals surface area contributed by atoms with Crippen molar-refractivity contribution in [3.05, 3.63) is 35.6 Å². The maximum absolute atomic E-state index is 13.6. The lowest BCUT2D eigenvalue weighted by Crippen LogP contribution is -2.47. The van der Waals surface area contributed by atoms with Gasteiger partial charge in [0.25, 0.3) is 0 Å². The van der Waals surface area contributed by atoms with Crippen molar-refractivity contribution in [2.45, 2.75) is 37.5 Å². The molecule has 26 heavy (non-hydrogen) atoms. The second kappa shape index (κ2) is 6.34. The summed E-state index contributed by atoms with van der Waals surface area (Å²) < 4.78 is 18.9. The van der Waals surface area contributed by atoms with E-state index in [9.17, 15) is 19.1 Å². The number of halogens is 1. The summed E-state index contributed by atoms with van der Waals surface area (Å²) in [6, 6.07) is 6.22. The van der Waals surface area contributed by atoms with Crippen molar-refractivity contribution in [3.8, 4) is 0 Å². The van der Waals surface area contributed by atoms with E-state index in [1.165, 1.54) is 12.1 Å². The molecule has 2 saturated heterocycles. The molecule has 1 N–H and O–H groups in total. The molecule has 5 nitrogen and oxygen atoms in total. The van der Waals surface area contributed by atoms with E-state index in [4.69, 9.17) is 4.74 Å². The fraction of sp³-hybridized carbons (Fsp3) is 0.600. The van der Waals surface area contributed by atoms with Gasteiger partial charge >= 0.3 is 5.97 Å². The molecule has 2 aliphatic heterocycles. The third-order valence-electron chi connectivity index (χ3n) is 6.68. The molecule has 0 aromatic heterocycles. The monoisotopic (exact) mass is 361 g/mol. The molecule has 1 amide bonds. The zero-order valence-electron chi connectivity index (χ0n) is 14.7. The van der Waals surface area contributed by atoms with Crippen LogP contribution in [0.2, 0.25) is 0 Å². The first kappa shape index (κ1) is 17.5. The summed E-state index contributed by atoms with van der Waals surface area (Å²) >= 11 is 0. The van der Waals surface area contributed by atoms with Crippen molar-refractivity contribution in [1.82, 2.24) is 4.90 Å². The van der Waals surface area contributed by atoms with Crippen molar-refractivity contribution >= 4 is 11.9 Å². The highest BCUT2D eigenvalue weighted by Gasteiger charge is 2.57. The molecule has 140 valence electrons. The molecule has 3 fully saturated rings. The third kappa shape index (κ3) is 2.54. The van der Waals surface area contributed by atoms with Gasteiger partial charge in [0.1, 0.15) is 5.82 Å². The summed E-state index contributed by atoms with van der Waals surface area (Å²) in [4.78, 5) is 27.3. The van der Waals surface area contributed by atoms with Gasteiger partial charge in [0.2, 0.25) is 5.91 Å². The number of likely N-dealkylation sites (tertiary alicyclic amines) is 1. The van der Waals surface area contributed by atoms with Crippen LogP contribution in [0.5, 0.6) is 0 Å². The van der Waals surface area contributed by atoms with Crippen LogP contribution >= 0.6 is 0 Å². The molecular formula is C20H24FNO4. The van der Waals surface area contributed by atoms with Gasteiger partial charge in [0, 0.05) is 25.6 Å². The molecule has 1 aromatic rings. The number of hydrogen-bond acceptors (Lipinski definition) is 3. The number of carbonyl (C=O) groups is 2. The number of hydrogen-bond donors (Lipinski definition) is 1. The van der Waals surface area contributed by atoms with E-state index in [0.717, 1.165) is 31.2 Å². The Balaban J connectivity index is 1.65. The number of carboxylic acids is 1. The molecule has 1 aliphatic carbocycles. The zero-order chi connectivity index (χ0) is 18.4. The fourth-order valence-electron chi connectivity index (χ4n) is 5.13. The Morgan fingerprint density at radius 1 is 1.15 bits per heavy atom. The van der Waals surface area contributed by atoms with Crippen molar-refractivity contribution in [2.24, 2.45) is 11.3 Å². The highest BCUT2D eigenvalue weighted by atomic mass is 19.1. The summed E-state index contributed by atoms with van der Waals surface area (Å²) in [5.41, 5.74) is -0.699. The van der Waals surface area contributed by atoms with Gasteiger partial charge in [0.15, 0.2) is 0 Å². The Labute approximate surface area is 152 Å². The van der Waals surface area contributed by atoms with Gasteiger partial charge in [-0.05, 0) is 37.0 Å². The van der Waals surface area contributed by atoms with Gasteiger partial charge in [-0.15, -0.1) is 0 Å². The average molecular weight is 361 g/mol. The summed E-state index contributed by atoms with van der Waals surface area (Å²) in [6.45, 7) is 1.49. The Kier molecular flexibility index (Phi) is 4.26. The number of ether oxygens (including phenoxy) is 1. The summed E-state index contributed by atoms with van der Waals surface area (Å²) in [5, 5.41) is 9.84. The van der Waals surface area contributed by atoms with Crippen molar-refractivity contribution in [3.63, 3.8) is 0 Å². The molecular weight excluding hydrogens is 337 g/mol. The van der Waals surface area contributed by atoms with Gasteiger partial charge in [0.05, 0.1) is 17.4 Å². The van der Waals surface area contributed by atoms with E-state index in [1.54, 1.807) is 17.0 Å². The zero-order valence-corrected chi connectivity index (χ0v) is 14.7. The maximum atomic E-state index is 13.6. The van der Waals surface area contributed by atoms with Crippen LogP contribution in [0.4, 0.5) is 4.39 Å². The van der Waals surface area contributed by atoms with E-state index in [0.29, 0.717) is 26.2 Å². The lowest BCUT2D eigenvalue weighted by Gasteiger charge is -2.35. The number of carboxylic acid groups (broad SMARTS) is 1. The quantitative estimate of drug-likeness (QED) is 0.899. The second-order valence-electron chi connectivity index (χ2n) is 7.96. The molecule has 0 spiro atoms. The lowest BCUT2D eigenvalue weighted by molar-refractivity contribution is -0.157. The minimum absolute atomic E-state index is 0.00312. The van der Waals surface area contributed by atoms with Crippen LogP contribution in [0.1, 0.15) is 37.7 Å². The highest BCUT2D eigenvalue weighted by molar-refractivity contribution is 5.90. The molecule has 2 atom stereocenters. The SMILES string of the molecule is O=C(N1C[C@H]2COCC[C@@]2(C(=O)O)C1)C1(c2ccc(F)cc2)CCCC1. The van der Waals surface area contributed by atoms with Crippen LogP contribution in [0.15, 0.2) is 24.3 Å². The Morgan fingerprint density at radius 3 is 2.46 bits per heavy atom. The Hall–Kier alpha value is -1.95. The highest BCUT2D eigenvalue weighted by Crippen LogP contribution is 2.47. The average Bonchev–Trinajstić information content (AvgIpc) is 3.28. The van der Waals surface area contributed by atoms with Gasteiger partial charge in [-0.1, -0.05) is 25.0 Å². The number of benzene rings is 1. The first-order valence-electron chi connectivity index (χ1n) is 9.35. The number of carbonyl (C=O) groups excluding carboxylic acids is 1. The minimum Gasteiger partial charge on any atom is -0.481 e. The Bertz CT molecular complexity index is 713. The molecule has 6 heteroatoms. The lowest BCUT2D eigenvalue weighted by atomic mass is 9.74. The fourth-order valence-corrected chi connectivity index (χ4v) is 5.13. The van der Waals surface area contributed by atoms with Crippen LogP contribution in [0, 0.1) is 17.2 Å². The number of rotatable bonds is 3. The van der Waals surface area contributed by atoms with E-state index in [-0.39, 0.29) is 24.2 Å². The van der Waals surface area contributed by atoms with Crippen LogP contribution in [0.25, 0.3) is 0 Å².